The molecular formula is C13H17N3OS. The van der Waals surface area contributed by atoms with Crippen molar-refractivity contribution in [3.8, 4) is 0 Å². The van der Waals surface area contributed by atoms with Crippen molar-refractivity contribution in [1.29, 1.82) is 0 Å². The molecule has 1 saturated carbocycles. The maximum atomic E-state index is 12.1. The van der Waals surface area contributed by atoms with Gasteiger partial charge in [-0.1, -0.05) is 19.3 Å². The molecule has 2 aromatic rings. The highest BCUT2D eigenvalue weighted by Crippen LogP contribution is 2.19. The summed E-state index contributed by atoms with van der Waals surface area (Å²) in [7, 11) is 0. The van der Waals surface area contributed by atoms with Crippen molar-refractivity contribution < 1.29 is 4.79 Å². The fourth-order valence-electron chi connectivity index (χ4n) is 2.51. The SMILES string of the molecule is Cc1csc2nc(C(=O)NC3CCCCC3)cn12. The molecule has 1 fully saturated rings. The van der Waals surface area contributed by atoms with Crippen LogP contribution in [0.25, 0.3) is 4.96 Å². The standard InChI is InChI=1S/C13H17N3OS/c1-9-8-18-13-15-11(7-16(9)13)12(17)14-10-5-3-2-4-6-10/h7-8,10H,2-6H2,1H3,(H,14,17). The third-order valence-corrected chi connectivity index (χ3v) is 4.52. The first-order valence-electron chi connectivity index (χ1n) is 6.48. The summed E-state index contributed by atoms with van der Waals surface area (Å²) < 4.78 is 1.97. The fraction of sp³-hybridized carbons (Fsp3) is 0.538. The van der Waals surface area contributed by atoms with Crippen molar-refractivity contribution in [3.63, 3.8) is 0 Å². The summed E-state index contributed by atoms with van der Waals surface area (Å²) in [6, 6.07) is 0.340. The lowest BCUT2D eigenvalue weighted by Gasteiger charge is -2.22. The number of aryl methyl sites for hydroxylation is 1. The number of hydrogen-bond acceptors (Lipinski definition) is 3. The van der Waals surface area contributed by atoms with E-state index >= 15 is 0 Å². The van der Waals surface area contributed by atoms with Crippen molar-refractivity contribution in [1.82, 2.24) is 14.7 Å². The molecule has 1 N–H and O–H groups in total. The van der Waals surface area contributed by atoms with Crippen LogP contribution in [-0.4, -0.2) is 21.3 Å². The van der Waals surface area contributed by atoms with Crippen molar-refractivity contribution in [2.75, 3.05) is 0 Å². The maximum absolute atomic E-state index is 12.1. The van der Waals surface area contributed by atoms with Crippen molar-refractivity contribution in [3.05, 3.63) is 23.0 Å². The Morgan fingerprint density at radius 1 is 1.44 bits per heavy atom. The Morgan fingerprint density at radius 3 is 2.94 bits per heavy atom. The van der Waals surface area contributed by atoms with Gasteiger partial charge in [0.15, 0.2) is 4.96 Å². The Morgan fingerprint density at radius 2 is 2.22 bits per heavy atom. The summed E-state index contributed by atoms with van der Waals surface area (Å²) >= 11 is 1.57. The lowest BCUT2D eigenvalue weighted by atomic mass is 9.95. The predicted octanol–water partition coefficient (Wildman–Crippen LogP) is 2.77. The molecule has 0 bridgehead atoms. The Labute approximate surface area is 110 Å². The quantitative estimate of drug-likeness (QED) is 0.905. The summed E-state index contributed by atoms with van der Waals surface area (Å²) in [6.07, 6.45) is 7.79. The molecule has 4 nitrogen and oxygen atoms in total. The molecule has 18 heavy (non-hydrogen) atoms. The summed E-state index contributed by atoms with van der Waals surface area (Å²) in [4.78, 5) is 17.4. The van der Waals surface area contributed by atoms with Crippen LogP contribution in [0.1, 0.15) is 48.3 Å². The molecule has 3 rings (SSSR count). The minimum absolute atomic E-state index is 0.0304. The van der Waals surface area contributed by atoms with Gasteiger partial charge in [-0.25, -0.2) is 4.98 Å². The number of fused-ring (bicyclic) bond motifs is 1. The second-order valence-electron chi connectivity index (χ2n) is 4.96. The van der Waals surface area contributed by atoms with Crippen molar-refractivity contribution >= 4 is 22.2 Å². The minimum Gasteiger partial charge on any atom is -0.348 e. The molecule has 0 unspecified atom stereocenters. The Bertz CT molecular complexity index is 566. The highest BCUT2D eigenvalue weighted by atomic mass is 32.1. The van der Waals surface area contributed by atoms with Gasteiger partial charge in [0.05, 0.1) is 0 Å². The van der Waals surface area contributed by atoms with E-state index < -0.39 is 0 Å². The minimum atomic E-state index is -0.0304. The molecule has 0 aliphatic heterocycles. The number of amides is 1. The van der Waals surface area contributed by atoms with Crippen LogP contribution in [0.5, 0.6) is 0 Å². The molecule has 0 atom stereocenters. The van der Waals surface area contributed by atoms with Crippen LogP contribution in [0.15, 0.2) is 11.6 Å². The lowest BCUT2D eigenvalue weighted by molar-refractivity contribution is 0.0923. The largest absolute Gasteiger partial charge is 0.348 e. The van der Waals surface area contributed by atoms with E-state index in [1.165, 1.54) is 19.3 Å². The van der Waals surface area contributed by atoms with Crippen LogP contribution < -0.4 is 5.32 Å². The first-order valence-corrected chi connectivity index (χ1v) is 7.36. The lowest BCUT2D eigenvalue weighted by Crippen LogP contribution is -2.36. The molecule has 0 radical (unpaired) electrons. The second-order valence-corrected chi connectivity index (χ2v) is 5.80. The van der Waals surface area contributed by atoms with Gasteiger partial charge < -0.3 is 5.32 Å². The Hall–Kier alpha value is -1.36. The number of aromatic nitrogens is 2. The van der Waals surface area contributed by atoms with Gasteiger partial charge in [0.2, 0.25) is 0 Å². The number of rotatable bonds is 2. The number of carbonyl (C=O) groups excluding carboxylic acids is 1. The number of imidazole rings is 1. The van der Waals surface area contributed by atoms with Crippen LogP contribution in [-0.2, 0) is 0 Å². The van der Waals surface area contributed by atoms with Gasteiger partial charge in [-0.15, -0.1) is 11.3 Å². The first kappa shape index (κ1) is 11.7. The molecule has 2 heterocycles. The number of nitrogens with one attached hydrogen (secondary N) is 1. The third kappa shape index (κ3) is 2.14. The smallest absolute Gasteiger partial charge is 0.271 e. The summed E-state index contributed by atoms with van der Waals surface area (Å²) in [5.74, 6) is -0.0304. The van der Waals surface area contributed by atoms with E-state index in [9.17, 15) is 4.79 Å². The van der Waals surface area contributed by atoms with Gasteiger partial charge in [0, 0.05) is 23.3 Å². The second kappa shape index (κ2) is 4.72. The Kier molecular flexibility index (Phi) is 3.07. The zero-order valence-electron chi connectivity index (χ0n) is 10.5. The topological polar surface area (TPSA) is 46.4 Å². The molecule has 5 heteroatoms. The molecule has 96 valence electrons. The van der Waals surface area contributed by atoms with E-state index in [4.69, 9.17) is 0 Å². The van der Waals surface area contributed by atoms with Crippen molar-refractivity contribution in [2.45, 2.75) is 45.1 Å². The van der Waals surface area contributed by atoms with Crippen molar-refractivity contribution in [2.24, 2.45) is 0 Å². The molecular weight excluding hydrogens is 246 g/mol. The highest BCUT2D eigenvalue weighted by Gasteiger charge is 2.18. The van der Waals surface area contributed by atoms with E-state index in [-0.39, 0.29) is 5.91 Å². The monoisotopic (exact) mass is 263 g/mol. The number of hydrogen-bond donors (Lipinski definition) is 1. The van der Waals surface area contributed by atoms with E-state index in [0.717, 1.165) is 23.5 Å². The van der Waals surface area contributed by atoms with Crippen LogP contribution in [0.2, 0.25) is 0 Å². The van der Waals surface area contributed by atoms with Gasteiger partial charge >= 0.3 is 0 Å². The molecule has 1 aliphatic rings. The Balaban J connectivity index is 1.74. The summed E-state index contributed by atoms with van der Waals surface area (Å²) in [5.41, 5.74) is 1.66. The average molecular weight is 263 g/mol. The highest BCUT2D eigenvalue weighted by molar-refractivity contribution is 7.15. The molecule has 0 aromatic carbocycles. The van der Waals surface area contributed by atoms with Crippen LogP contribution >= 0.6 is 11.3 Å². The van der Waals surface area contributed by atoms with Gasteiger partial charge in [-0.05, 0) is 19.8 Å². The number of thiazole rings is 1. The van der Waals surface area contributed by atoms with E-state index in [2.05, 4.69) is 10.3 Å². The first-order chi connectivity index (χ1) is 8.74. The number of carbonyl (C=O) groups is 1. The van der Waals surface area contributed by atoms with E-state index in [1.807, 2.05) is 22.9 Å². The molecule has 1 amide bonds. The van der Waals surface area contributed by atoms with Crippen LogP contribution in [0.3, 0.4) is 0 Å². The normalized spacial score (nSPS) is 17.2. The van der Waals surface area contributed by atoms with Gasteiger partial charge in [-0.2, -0.15) is 0 Å². The van der Waals surface area contributed by atoms with Gasteiger partial charge in [0.1, 0.15) is 5.69 Å². The fourth-order valence-corrected chi connectivity index (χ4v) is 3.36. The van der Waals surface area contributed by atoms with E-state index in [0.29, 0.717) is 11.7 Å². The van der Waals surface area contributed by atoms with Gasteiger partial charge in [0.25, 0.3) is 5.91 Å². The van der Waals surface area contributed by atoms with Crippen LogP contribution in [0, 0.1) is 6.92 Å². The van der Waals surface area contributed by atoms with Crippen LogP contribution in [0.4, 0.5) is 0 Å². The molecule has 0 saturated heterocycles. The molecule has 1 aliphatic carbocycles. The zero-order valence-corrected chi connectivity index (χ0v) is 11.3. The average Bonchev–Trinajstić information content (AvgIpc) is 2.93. The van der Waals surface area contributed by atoms with E-state index in [1.54, 1.807) is 11.3 Å². The third-order valence-electron chi connectivity index (χ3n) is 3.56. The summed E-state index contributed by atoms with van der Waals surface area (Å²) in [6.45, 7) is 2.02. The summed E-state index contributed by atoms with van der Waals surface area (Å²) in [5, 5.41) is 5.14. The zero-order chi connectivity index (χ0) is 12.5. The number of nitrogens with zero attached hydrogens (tertiary/aromatic N) is 2. The molecule has 2 aromatic heterocycles. The predicted molar refractivity (Wildman–Crippen MR) is 72.1 cm³/mol. The van der Waals surface area contributed by atoms with Gasteiger partial charge in [-0.3, -0.25) is 9.20 Å². The molecule has 0 spiro atoms. The maximum Gasteiger partial charge on any atom is 0.271 e.